The van der Waals surface area contributed by atoms with E-state index >= 15 is 0 Å². The maximum absolute atomic E-state index is 13.4. The van der Waals surface area contributed by atoms with Crippen LogP contribution in [-0.4, -0.2) is 10.4 Å². The lowest BCUT2D eigenvalue weighted by molar-refractivity contribution is 0.103. The molecule has 0 bridgehead atoms. The molecular formula is C16H12BrFN2O. The average Bonchev–Trinajstić information content (AvgIpc) is 2.80. The van der Waals surface area contributed by atoms with Crippen molar-refractivity contribution in [3.63, 3.8) is 0 Å². The van der Waals surface area contributed by atoms with Gasteiger partial charge in [-0.15, -0.1) is 0 Å². The normalized spacial score (nSPS) is 11.0. The highest BCUT2D eigenvalue weighted by atomic mass is 79.9. The SMILES string of the molecule is Cn1cc(C(=O)c2cc(N)c(F)cc2Br)c2ccccc21. The van der Waals surface area contributed by atoms with Crippen LogP contribution in [0.3, 0.4) is 0 Å². The van der Waals surface area contributed by atoms with Crippen molar-refractivity contribution in [3.05, 3.63) is 64.0 Å². The second-order valence-electron chi connectivity index (χ2n) is 4.85. The largest absolute Gasteiger partial charge is 0.396 e. The van der Waals surface area contributed by atoms with Crippen molar-refractivity contribution in [3.8, 4) is 0 Å². The van der Waals surface area contributed by atoms with Crippen molar-refractivity contribution in [2.45, 2.75) is 0 Å². The standard InChI is InChI=1S/C16H12BrFN2O/c1-20-8-11(9-4-2-3-5-15(9)20)16(21)10-6-14(19)13(18)7-12(10)17/h2-8H,19H2,1H3. The molecule has 0 atom stereocenters. The zero-order valence-corrected chi connectivity index (χ0v) is 12.8. The number of carbonyl (C=O) groups excluding carboxylic acids is 1. The molecule has 1 aromatic heterocycles. The Kier molecular flexibility index (Phi) is 3.29. The number of para-hydroxylation sites is 1. The molecule has 106 valence electrons. The van der Waals surface area contributed by atoms with E-state index in [-0.39, 0.29) is 11.5 Å². The van der Waals surface area contributed by atoms with Gasteiger partial charge < -0.3 is 10.3 Å². The molecule has 0 aliphatic rings. The number of halogens is 2. The van der Waals surface area contributed by atoms with Crippen LogP contribution in [-0.2, 0) is 7.05 Å². The van der Waals surface area contributed by atoms with Gasteiger partial charge in [-0.05, 0) is 34.1 Å². The van der Waals surface area contributed by atoms with E-state index < -0.39 is 5.82 Å². The molecule has 2 N–H and O–H groups in total. The first kappa shape index (κ1) is 13.8. The number of aromatic nitrogens is 1. The number of rotatable bonds is 2. The van der Waals surface area contributed by atoms with Crippen LogP contribution in [0.25, 0.3) is 10.9 Å². The van der Waals surface area contributed by atoms with Crippen LogP contribution in [0.2, 0.25) is 0 Å². The van der Waals surface area contributed by atoms with E-state index in [0.29, 0.717) is 15.6 Å². The maximum Gasteiger partial charge on any atom is 0.196 e. The number of hydrogen-bond acceptors (Lipinski definition) is 2. The van der Waals surface area contributed by atoms with Gasteiger partial charge in [-0.25, -0.2) is 4.39 Å². The van der Waals surface area contributed by atoms with Gasteiger partial charge in [-0.1, -0.05) is 18.2 Å². The number of fused-ring (bicyclic) bond motifs is 1. The van der Waals surface area contributed by atoms with E-state index in [1.54, 1.807) is 6.20 Å². The summed E-state index contributed by atoms with van der Waals surface area (Å²) < 4.78 is 15.7. The topological polar surface area (TPSA) is 48.0 Å². The summed E-state index contributed by atoms with van der Waals surface area (Å²) in [4.78, 5) is 12.7. The van der Waals surface area contributed by atoms with Crippen molar-refractivity contribution < 1.29 is 9.18 Å². The van der Waals surface area contributed by atoms with E-state index in [1.807, 2.05) is 35.9 Å². The predicted molar refractivity (Wildman–Crippen MR) is 84.9 cm³/mol. The molecule has 5 heteroatoms. The Bertz CT molecular complexity index is 870. The lowest BCUT2D eigenvalue weighted by Gasteiger charge is -2.05. The zero-order chi connectivity index (χ0) is 15.1. The van der Waals surface area contributed by atoms with E-state index in [2.05, 4.69) is 15.9 Å². The summed E-state index contributed by atoms with van der Waals surface area (Å²) in [6, 6.07) is 10.2. The molecule has 0 unspecified atom stereocenters. The summed E-state index contributed by atoms with van der Waals surface area (Å²) in [6.45, 7) is 0. The van der Waals surface area contributed by atoms with Crippen LogP contribution in [0.15, 0.2) is 47.1 Å². The molecule has 3 aromatic rings. The minimum atomic E-state index is -0.545. The number of nitrogens with zero attached hydrogens (tertiary/aromatic N) is 1. The summed E-state index contributed by atoms with van der Waals surface area (Å²) in [5, 5.41) is 0.861. The number of nitrogens with two attached hydrogens (primary N) is 1. The predicted octanol–water partition coefficient (Wildman–Crippen LogP) is 3.89. The summed E-state index contributed by atoms with van der Waals surface area (Å²) in [7, 11) is 1.88. The van der Waals surface area contributed by atoms with Gasteiger partial charge in [0.05, 0.1) is 5.69 Å². The minimum Gasteiger partial charge on any atom is -0.396 e. The van der Waals surface area contributed by atoms with Gasteiger partial charge in [-0.2, -0.15) is 0 Å². The fourth-order valence-electron chi connectivity index (χ4n) is 2.41. The monoisotopic (exact) mass is 346 g/mol. The van der Waals surface area contributed by atoms with Crippen LogP contribution in [0.4, 0.5) is 10.1 Å². The average molecular weight is 347 g/mol. The maximum atomic E-state index is 13.4. The number of hydrogen-bond donors (Lipinski definition) is 1. The van der Waals surface area contributed by atoms with Gasteiger partial charge in [0, 0.05) is 39.7 Å². The second-order valence-corrected chi connectivity index (χ2v) is 5.71. The Morgan fingerprint density at radius 2 is 1.95 bits per heavy atom. The molecule has 21 heavy (non-hydrogen) atoms. The van der Waals surface area contributed by atoms with Crippen LogP contribution < -0.4 is 5.73 Å². The lowest BCUT2D eigenvalue weighted by Crippen LogP contribution is -2.04. The third-order valence-electron chi connectivity index (χ3n) is 3.47. The third kappa shape index (κ3) is 2.23. The van der Waals surface area contributed by atoms with Crippen molar-refractivity contribution in [1.29, 1.82) is 0 Å². The van der Waals surface area contributed by atoms with Crippen molar-refractivity contribution in [2.24, 2.45) is 7.05 Å². The highest BCUT2D eigenvalue weighted by Crippen LogP contribution is 2.28. The molecule has 3 nitrogen and oxygen atoms in total. The molecule has 0 fully saturated rings. The molecule has 0 saturated heterocycles. The first-order valence-electron chi connectivity index (χ1n) is 6.32. The summed E-state index contributed by atoms with van der Waals surface area (Å²) in [5.41, 5.74) is 7.42. The summed E-state index contributed by atoms with van der Waals surface area (Å²) in [5.74, 6) is -0.735. The second kappa shape index (κ2) is 5.00. The molecule has 2 aromatic carbocycles. The molecule has 0 amide bonds. The lowest BCUT2D eigenvalue weighted by atomic mass is 10.0. The fourth-order valence-corrected chi connectivity index (χ4v) is 2.90. The smallest absolute Gasteiger partial charge is 0.196 e. The molecule has 3 rings (SSSR count). The fraction of sp³-hybridized carbons (Fsp3) is 0.0625. The molecule has 0 saturated carbocycles. The van der Waals surface area contributed by atoms with Crippen LogP contribution >= 0.6 is 15.9 Å². The van der Waals surface area contributed by atoms with E-state index in [1.165, 1.54) is 12.1 Å². The van der Waals surface area contributed by atoms with E-state index in [0.717, 1.165) is 10.9 Å². The van der Waals surface area contributed by atoms with Crippen LogP contribution in [0.1, 0.15) is 15.9 Å². The van der Waals surface area contributed by atoms with Crippen molar-refractivity contribution in [2.75, 3.05) is 5.73 Å². The van der Waals surface area contributed by atoms with Gasteiger partial charge in [0.2, 0.25) is 0 Å². The number of benzene rings is 2. The number of nitrogen functional groups attached to an aromatic ring is 1. The molecule has 0 aliphatic carbocycles. The summed E-state index contributed by atoms with van der Waals surface area (Å²) in [6.07, 6.45) is 1.78. The Labute approximate surface area is 129 Å². The first-order valence-corrected chi connectivity index (χ1v) is 7.11. The first-order chi connectivity index (χ1) is 9.99. The van der Waals surface area contributed by atoms with Crippen LogP contribution in [0, 0.1) is 5.82 Å². The zero-order valence-electron chi connectivity index (χ0n) is 11.2. The van der Waals surface area contributed by atoms with Gasteiger partial charge in [-0.3, -0.25) is 4.79 Å². The van der Waals surface area contributed by atoms with Crippen molar-refractivity contribution in [1.82, 2.24) is 4.57 Å². The number of anilines is 1. The Morgan fingerprint density at radius 1 is 1.24 bits per heavy atom. The van der Waals surface area contributed by atoms with Crippen LogP contribution in [0.5, 0.6) is 0 Å². The quantitative estimate of drug-likeness (QED) is 0.565. The molecule has 0 spiro atoms. The van der Waals surface area contributed by atoms with Gasteiger partial charge in [0.25, 0.3) is 0 Å². The van der Waals surface area contributed by atoms with E-state index in [9.17, 15) is 9.18 Å². The van der Waals surface area contributed by atoms with Gasteiger partial charge in [0.1, 0.15) is 5.82 Å². The molecule has 0 radical (unpaired) electrons. The Balaban J connectivity index is 2.20. The Hall–Kier alpha value is -2.14. The van der Waals surface area contributed by atoms with Gasteiger partial charge >= 0.3 is 0 Å². The third-order valence-corrected chi connectivity index (χ3v) is 4.13. The van der Waals surface area contributed by atoms with E-state index in [4.69, 9.17) is 5.73 Å². The molecule has 1 heterocycles. The Morgan fingerprint density at radius 3 is 2.71 bits per heavy atom. The molecule has 0 aliphatic heterocycles. The minimum absolute atomic E-state index is 0.0400. The highest BCUT2D eigenvalue weighted by Gasteiger charge is 2.19. The number of aryl methyl sites for hydroxylation is 1. The number of carbonyl (C=O) groups is 1. The molecular weight excluding hydrogens is 335 g/mol. The van der Waals surface area contributed by atoms with Gasteiger partial charge in [0.15, 0.2) is 5.78 Å². The number of ketones is 1. The van der Waals surface area contributed by atoms with Crippen molar-refractivity contribution >= 4 is 38.3 Å². The highest BCUT2D eigenvalue weighted by molar-refractivity contribution is 9.10. The summed E-state index contributed by atoms with van der Waals surface area (Å²) >= 11 is 3.23.